The number of likely N-dealkylation sites (tertiary alicyclic amines) is 1. The number of amides is 1. The molecule has 1 aliphatic rings. The summed E-state index contributed by atoms with van der Waals surface area (Å²) in [6, 6.07) is 0.446. The molecule has 1 unspecified atom stereocenters. The molecule has 88 valence electrons. The molecule has 0 aliphatic carbocycles. The fourth-order valence-electron chi connectivity index (χ4n) is 1.97. The highest BCUT2D eigenvalue weighted by molar-refractivity contribution is 5.83. The minimum absolute atomic E-state index is 0.287. The summed E-state index contributed by atoms with van der Waals surface area (Å²) in [5.74, 6) is -0.287. The molecule has 1 heterocycles. The van der Waals surface area contributed by atoms with Crippen molar-refractivity contribution in [3.63, 3.8) is 0 Å². The molecular weight excluding hydrogens is 192 g/mol. The van der Waals surface area contributed by atoms with Crippen LogP contribution < -0.4 is 5.32 Å². The van der Waals surface area contributed by atoms with Gasteiger partial charge in [0.05, 0.1) is 0 Å². The number of carbonyl (C=O) groups excluding carboxylic acids is 1. The molecule has 0 bridgehead atoms. The van der Waals surface area contributed by atoms with E-state index < -0.39 is 5.60 Å². The lowest BCUT2D eigenvalue weighted by Crippen LogP contribution is -2.47. The van der Waals surface area contributed by atoms with Crippen molar-refractivity contribution in [1.82, 2.24) is 10.2 Å². The van der Waals surface area contributed by atoms with Gasteiger partial charge in [0.2, 0.25) is 0 Å². The van der Waals surface area contributed by atoms with E-state index in [4.69, 9.17) is 0 Å². The normalized spacial score (nSPS) is 23.1. The third-order valence-corrected chi connectivity index (χ3v) is 2.96. The molecule has 0 aromatic rings. The van der Waals surface area contributed by atoms with Gasteiger partial charge in [-0.05, 0) is 39.8 Å². The quantitative estimate of drug-likeness (QED) is 0.710. The van der Waals surface area contributed by atoms with Gasteiger partial charge < -0.3 is 10.4 Å². The first-order valence-corrected chi connectivity index (χ1v) is 5.70. The first kappa shape index (κ1) is 12.5. The number of hydrogen-bond acceptors (Lipinski definition) is 3. The van der Waals surface area contributed by atoms with Crippen molar-refractivity contribution in [1.29, 1.82) is 0 Å². The number of rotatable bonds is 4. The molecule has 0 radical (unpaired) electrons. The third kappa shape index (κ3) is 3.47. The number of carbonyl (C=O) groups is 1. The molecule has 1 saturated heterocycles. The molecule has 1 rings (SSSR count). The molecule has 15 heavy (non-hydrogen) atoms. The summed E-state index contributed by atoms with van der Waals surface area (Å²) < 4.78 is 0. The predicted octanol–water partition coefficient (Wildman–Crippen LogP) is 0.358. The maximum absolute atomic E-state index is 11.4. The van der Waals surface area contributed by atoms with Crippen molar-refractivity contribution >= 4 is 5.91 Å². The van der Waals surface area contributed by atoms with E-state index in [0.717, 1.165) is 19.5 Å². The van der Waals surface area contributed by atoms with E-state index in [2.05, 4.69) is 17.1 Å². The van der Waals surface area contributed by atoms with Crippen LogP contribution in [-0.4, -0.2) is 47.2 Å². The molecule has 1 fully saturated rings. The molecule has 0 aromatic carbocycles. The lowest BCUT2D eigenvalue weighted by Gasteiger charge is -2.24. The van der Waals surface area contributed by atoms with Gasteiger partial charge in [0.25, 0.3) is 5.91 Å². The Kier molecular flexibility index (Phi) is 4.11. The largest absolute Gasteiger partial charge is 0.381 e. The van der Waals surface area contributed by atoms with E-state index in [0.29, 0.717) is 12.6 Å². The average molecular weight is 214 g/mol. The zero-order chi connectivity index (χ0) is 11.5. The van der Waals surface area contributed by atoms with Crippen LogP contribution in [0.2, 0.25) is 0 Å². The van der Waals surface area contributed by atoms with Crippen molar-refractivity contribution in [3.8, 4) is 0 Å². The van der Waals surface area contributed by atoms with E-state index in [9.17, 15) is 9.90 Å². The second-order valence-electron chi connectivity index (χ2n) is 4.69. The monoisotopic (exact) mass is 214 g/mol. The SMILES string of the molecule is CCN1CCCC1CNC(=O)C(C)(C)O. The Labute approximate surface area is 91.6 Å². The Bertz CT molecular complexity index is 223. The molecule has 1 amide bonds. The average Bonchev–Trinajstić information content (AvgIpc) is 2.59. The molecule has 4 nitrogen and oxygen atoms in total. The van der Waals surface area contributed by atoms with Crippen molar-refractivity contribution in [2.45, 2.75) is 45.3 Å². The third-order valence-electron chi connectivity index (χ3n) is 2.96. The van der Waals surface area contributed by atoms with Gasteiger partial charge in [-0.2, -0.15) is 0 Å². The Morgan fingerprint density at radius 2 is 2.27 bits per heavy atom. The second-order valence-corrected chi connectivity index (χ2v) is 4.69. The highest BCUT2D eigenvalue weighted by Gasteiger charge is 2.27. The number of aliphatic hydroxyl groups is 1. The van der Waals surface area contributed by atoms with E-state index in [1.165, 1.54) is 20.3 Å². The van der Waals surface area contributed by atoms with Gasteiger partial charge in [-0.25, -0.2) is 0 Å². The van der Waals surface area contributed by atoms with Crippen LogP contribution in [0.25, 0.3) is 0 Å². The molecule has 0 saturated carbocycles. The van der Waals surface area contributed by atoms with Gasteiger partial charge in [-0.1, -0.05) is 6.92 Å². The zero-order valence-corrected chi connectivity index (χ0v) is 9.92. The summed E-state index contributed by atoms with van der Waals surface area (Å²) in [5.41, 5.74) is -1.27. The smallest absolute Gasteiger partial charge is 0.251 e. The Hall–Kier alpha value is -0.610. The summed E-state index contributed by atoms with van der Waals surface area (Å²) in [7, 11) is 0. The van der Waals surface area contributed by atoms with Crippen LogP contribution in [0.5, 0.6) is 0 Å². The van der Waals surface area contributed by atoms with Crippen LogP contribution >= 0.6 is 0 Å². The zero-order valence-electron chi connectivity index (χ0n) is 9.92. The summed E-state index contributed by atoms with van der Waals surface area (Å²) in [6.07, 6.45) is 2.34. The Morgan fingerprint density at radius 1 is 1.60 bits per heavy atom. The van der Waals surface area contributed by atoms with Crippen LogP contribution in [0, 0.1) is 0 Å². The predicted molar refractivity (Wildman–Crippen MR) is 59.6 cm³/mol. The van der Waals surface area contributed by atoms with Gasteiger partial charge in [0.1, 0.15) is 5.60 Å². The van der Waals surface area contributed by atoms with E-state index in [1.54, 1.807) is 0 Å². The number of nitrogens with one attached hydrogen (secondary N) is 1. The molecule has 0 spiro atoms. The molecular formula is C11H22N2O2. The van der Waals surface area contributed by atoms with Gasteiger partial charge in [0.15, 0.2) is 0 Å². The van der Waals surface area contributed by atoms with Gasteiger partial charge in [0, 0.05) is 12.6 Å². The van der Waals surface area contributed by atoms with E-state index >= 15 is 0 Å². The van der Waals surface area contributed by atoms with Gasteiger partial charge in [-0.15, -0.1) is 0 Å². The lowest BCUT2D eigenvalue weighted by atomic mass is 10.1. The topological polar surface area (TPSA) is 52.6 Å². The lowest BCUT2D eigenvalue weighted by molar-refractivity contribution is -0.136. The van der Waals surface area contributed by atoms with Crippen molar-refractivity contribution in [3.05, 3.63) is 0 Å². The standard InChI is InChI=1S/C11H22N2O2/c1-4-13-7-5-6-9(13)8-12-10(14)11(2,3)15/h9,15H,4-8H2,1-3H3,(H,12,14). The number of hydrogen-bond donors (Lipinski definition) is 2. The minimum atomic E-state index is -1.27. The summed E-state index contributed by atoms with van der Waals surface area (Å²) >= 11 is 0. The first-order chi connectivity index (χ1) is 6.95. The Morgan fingerprint density at radius 3 is 2.80 bits per heavy atom. The first-order valence-electron chi connectivity index (χ1n) is 5.70. The molecule has 2 N–H and O–H groups in total. The van der Waals surface area contributed by atoms with Gasteiger partial charge >= 0.3 is 0 Å². The summed E-state index contributed by atoms with van der Waals surface area (Å²) in [6.45, 7) is 7.96. The van der Waals surface area contributed by atoms with Crippen LogP contribution in [0.4, 0.5) is 0 Å². The molecule has 1 atom stereocenters. The van der Waals surface area contributed by atoms with E-state index in [-0.39, 0.29) is 5.91 Å². The van der Waals surface area contributed by atoms with Crippen LogP contribution in [0.1, 0.15) is 33.6 Å². The fourth-order valence-corrected chi connectivity index (χ4v) is 1.97. The van der Waals surface area contributed by atoms with Crippen LogP contribution in [0.3, 0.4) is 0 Å². The molecule has 1 aliphatic heterocycles. The summed E-state index contributed by atoms with van der Waals surface area (Å²) in [5, 5.41) is 12.3. The van der Waals surface area contributed by atoms with Crippen molar-refractivity contribution < 1.29 is 9.90 Å². The van der Waals surface area contributed by atoms with Crippen LogP contribution in [-0.2, 0) is 4.79 Å². The van der Waals surface area contributed by atoms with Crippen LogP contribution in [0.15, 0.2) is 0 Å². The van der Waals surface area contributed by atoms with Crippen molar-refractivity contribution in [2.75, 3.05) is 19.6 Å². The number of likely N-dealkylation sites (N-methyl/N-ethyl adjacent to an activating group) is 1. The highest BCUT2D eigenvalue weighted by Crippen LogP contribution is 2.15. The number of nitrogens with zero attached hydrogens (tertiary/aromatic N) is 1. The summed E-state index contributed by atoms with van der Waals surface area (Å²) in [4.78, 5) is 13.8. The second kappa shape index (κ2) is 4.94. The highest BCUT2D eigenvalue weighted by atomic mass is 16.3. The Balaban J connectivity index is 2.34. The van der Waals surface area contributed by atoms with E-state index in [1.807, 2.05) is 0 Å². The maximum atomic E-state index is 11.4. The molecule has 0 aromatic heterocycles. The maximum Gasteiger partial charge on any atom is 0.251 e. The minimum Gasteiger partial charge on any atom is -0.381 e. The molecule has 4 heteroatoms. The van der Waals surface area contributed by atoms with Gasteiger partial charge in [-0.3, -0.25) is 9.69 Å². The fraction of sp³-hybridized carbons (Fsp3) is 0.909. The van der Waals surface area contributed by atoms with Crippen molar-refractivity contribution in [2.24, 2.45) is 0 Å².